The number of hydrogen-bond donors (Lipinski definition) is 2. The van der Waals surface area contributed by atoms with Crippen LogP contribution < -0.4 is 0 Å². The van der Waals surface area contributed by atoms with Crippen molar-refractivity contribution in [3.05, 3.63) is 29.8 Å². The normalized spacial score (nSPS) is 12.6. The topological polar surface area (TPSA) is 71.2 Å². The van der Waals surface area contributed by atoms with Gasteiger partial charge in [-0.3, -0.25) is 0 Å². The Balaban J connectivity index is 2.28. The Morgan fingerprint density at radius 3 is 2.70 bits per heavy atom. The van der Waals surface area contributed by atoms with Crippen LogP contribution in [0.25, 0.3) is 11.4 Å². The molecule has 0 saturated carbocycles. The Hall–Kier alpha value is -1.37. The summed E-state index contributed by atoms with van der Waals surface area (Å²) >= 11 is 1.41. The van der Waals surface area contributed by atoms with Crippen LogP contribution in [0.15, 0.2) is 29.4 Å². The van der Waals surface area contributed by atoms with E-state index in [0.29, 0.717) is 5.75 Å². The SMILES string of the molecule is CCn1c(SCC(O)CO)nnc1-c1ccccc1C. The highest BCUT2D eigenvalue weighted by Gasteiger charge is 2.15. The van der Waals surface area contributed by atoms with Gasteiger partial charge in [0.2, 0.25) is 0 Å². The predicted octanol–water partition coefficient (Wildman–Crippen LogP) is 1.72. The summed E-state index contributed by atoms with van der Waals surface area (Å²) in [7, 11) is 0. The van der Waals surface area contributed by atoms with Gasteiger partial charge in [0.15, 0.2) is 11.0 Å². The van der Waals surface area contributed by atoms with Gasteiger partial charge in [-0.25, -0.2) is 0 Å². The van der Waals surface area contributed by atoms with Crippen LogP contribution in [0.4, 0.5) is 0 Å². The molecule has 2 aromatic rings. The third-order valence-corrected chi connectivity index (χ3v) is 4.15. The fourth-order valence-corrected chi connectivity index (χ4v) is 2.84. The molecular weight excluding hydrogens is 274 g/mol. The second-order valence-electron chi connectivity index (χ2n) is 4.51. The van der Waals surface area contributed by atoms with Crippen molar-refractivity contribution in [1.82, 2.24) is 14.8 Å². The van der Waals surface area contributed by atoms with Crippen LogP contribution in [0.2, 0.25) is 0 Å². The summed E-state index contributed by atoms with van der Waals surface area (Å²) in [5.41, 5.74) is 2.22. The van der Waals surface area contributed by atoms with E-state index in [9.17, 15) is 5.11 Å². The number of aryl methyl sites for hydroxylation is 1. The highest BCUT2D eigenvalue weighted by Crippen LogP contribution is 2.26. The molecule has 0 aliphatic heterocycles. The minimum absolute atomic E-state index is 0.238. The van der Waals surface area contributed by atoms with E-state index < -0.39 is 6.10 Å². The van der Waals surface area contributed by atoms with Gasteiger partial charge in [0, 0.05) is 17.9 Å². The summed E-state index contributed by atoms with van der Waals surface area (Å²) in [4.78, 5) is 0. The van der Waals surface area contributed by atoms with Gasteiger partial charge in [-0.1, -0.05) is 36.0 Å². The van der Waals surface area contributed by atoms with Crippen LogP contribution >= 0.6 is 11.8 Å². The van der Waals surface area contributed by atoms with Crippen LogP contribution in [0.3, 0.4) is 0 Å². The maximum atomic E-state index is 9.42. The van der Waals surface area contributed by atoms with Crippen LogP contribution in [0.1, 0.15) is 12.5 Å². The summed E-state index contributed by atoms with van der Waals surface area (Å²) in [6.07, 6.45) is -0.732. The summed E-state index contributed by atoms with van der Waals surface area (Å²) < 4.78 is 2.02. The maximum Gasteiger partial charge on any atom is 0.191 e. The molecular formula is C14H19N3O2S. The van der Waals surface area contributed by atoms with Crippen molar-refractivity contribution in [2.24, 2.45) is 0 Å². The molecule has 0 bridgehead atoms. The van der Waals surface area contributed by atoms with Crippen LogP contribution in [0.5, 0.6) is 0 Å². The smallest absolute Gasteiger partial charge is 0.191 e. The van der Waals surface area contributed by atoms with Gasteiger partial charge in [-0.2, -0.15) is 0 Å². The molecule has 0 radical (unpaired) electrons. The largest absolute Gasteiger partial charge is 0.394 e. The summed E-state index contributed by atoms with van der Waals surface area (Å²) in [5.74, 6) is 1.24. The molecule has 1 aromatic heterocycles. The van der Waals surface area contributed by atoms with E-state index in [2.05, 4.69) is 10.2 Å². The average Bonchev–Trinajstić information content (AvgIpc) is 2.87. The van der Waals surface area contributed by atoms with Crippen LogP contribution in [-0.2, 0) is 6.54 Å². The van der Waals surface area contributed by atoms with E-state index in [0.717, 1.165) is 28.7 Å². The summed E-state index contributed by atoms with van der Waals surface area (Å²) in [6, 6.07) is 8.06. The molecule has 5 nitrogen and oxygen atoms in total. The molecule has 1 unspecified atom stereocenters. The van der Waals surface area contributed by atoms with E-state index >= 15 is 0 Å². The number of aliphatic hydroxyl groups is 2. The number of thioether (sulfide) groups is 1. The maximum absolute atomic E-state index is 9.42. The van der Waals surface area contributed by atoms with Gasteiger partial charge in [-0.15, -0.1) is 10.2 Å². The molecule has 2 rings (SSSR count). The van der Waals surface area contributed by atoms with Crippen LogP contribution in [0, 0.1) is 6.92 Å². The van der Waals surface area contributed by atoms with Crippen molar-refractivity contribution in [3.63, 3.8) is 0 Å². The quantitative estimate of drug-likeness (QED) is 0.794. The molecule has 0 fully saturated rings. The van der Waals surface area contributed by atoms with Gasteiger partial charge in [0.1, 0.15) is 0 Å². The molecule has 0 aliphatic rings. The fraction of sp³-hybridized carbons (Fsp3) is 0.429. The second kappa shape index (κ2) is 6.88. The van der Waals surface area contributed by atoms with E-state index in [4.69, 9.17) is 5.11 Å². The molecule has 0 amide bonds. The minimum atomic E-state index is -0.732. The zero-order chi connectivity index (χ0) is 14.5. The Labute approximate surface area is 122 Å². The summed E-state index contributed by atoms with van der Waals surface area (Å²) in [6.45, 7) is 4.61. The standard InChI is InChI=1S/C14H19N3O2S/c1-3-17-13(12-7-5-4-6-10(12)2)15-16-14(17)20-9-11(19)8-18/h4-7,11,18-19H,3,8-9H2,1-2H3. The first kappa shape index (κ1) is 15.0. The van der Waals surface area contributed by atoms with Gasteiger partial charge in [0.05, 0.1) is 12.7 Å². The number of benzene rings is 1. The Bertz CT molecular complexity index is 571. The highest BCUT2D eigenvalue weighted by molar-refractivity contribution is 7.99. The molecule has 0 saturated heterocycles. The lowest BCUT2D eigenvalue weighted by molar-refractivity contribution is 0.113. The third-order valence-electron chi connectivity index (χ3n) is 3.03. The first-order valence-corrected chi connectivity index (χ1v) is 7.56. The molecule has 20 heavy (non-hydrogen) atoms. The molecule has 6 heteroatoms. The lowest BCUT2D eigenvalue weighted by atomic mass is 10.1. The van der Waals surface area contributed by atoms with Gasteiger partial charge < -0.3 is 14.8 Å². The lowest BCUT2D eigenvalue weighted by Gasteiger charge is -2.10. The van der Waals surface area contributed by atoms with Crippen molar-refractivity contribution in [2.45, 2.75) is 31.7 Å². The molecule has 1 aromatic carbocycles. The Kier molecular flexibility index (Phi) is 5.17. The molecule has 0 spiro atoms. The third kappa shape index (κ3) is 3.20. The van der Waals surface area contributed by atoms with Crippen molar-refractivity contribution in [2.75, 3.05) is 12.4 Å². The molecule has 2 N–H and O–H groups in total. The average molecular weight is 293 g/mol. The number of nitrogens with zero attached hydrogens (tertiary/aromatic N) is 3. The molecule has 0 aliphatic carbocycles. The first-order chi connectivity index (χ1) is 9.67. The van der Waals surface area contributed by atoms with E-state index in [-0.39, 0.29) is 6.61 Å². The zero-order valence-corrected chi connectivity index (χ0v) is 12.5. The van der Waals surface area contributed by atoms with Crippen LogP contribution in [-0.4, -0.2) is 43.4 Å². The van der Waals surface area contributed by atoms with Gasteiger partial charge >= 0.3 is 0 Å². The minimum Gasteiger partial charge on any atom is -0.394 e. The number of rotatable bonds is 6. The Morgan fingerprint density at radius 2 is 2.05 bits per heavy atom. The molecule has 108 valence electrons. The molecule has 1 heterocycles. The van der Waals surface area contributed by atoms with Crippen molar-refractivity contribution >= 4 is 11.8 Å². The van der Waals surface area contributed by atoms with E-state index in [1.54, 1.807) is 0 Å². The fourth-order valence-electron chi connectivity index (χ4n) is 1.93. The predicted molar refractivity (Wildman–Crippen MR) is 79.7 cm³/mol. The van der Waals surface area contributed by atoms with Gasteiger partial charge in [0.25, 0.3) is 0 Å². The summed E-state index contributed by atoms with van der Waals surface area (Å²) in [5, 5.41) is 27.5. The highest BCUT2D eigenvalue weighted by atomic mass is 32.2. The monoisotopic (exact) mass is 293 g/mol. The number of hydrogen-bond acceptors (Lipinski definition) is 5. The van der Waals surface area contributed by atoms with E-state index in [1.807, 2.05) is 42.7 Å². The van der Waals surface area contributed by atoms with Crippen molar-refractivity contribution in [1.29, 1.82) is 0 Å². The Morgan fingerprint density at radius 1 is 1.30 bits per heavy atom. The second-order valence-corrected chi connectivity index (χ2v) is 5.50. The van der Waals surface area contributed by atoms with Crippen molar-refractivity contribution in [3.8, 4) is 11.4 Å². The number of aromatic nitrogens is 3. The zero-order valence-electron chi connectivity index (χ0n) is 11.7. The van der Waals surface area contributed by atoms with E-state index in [1.165, 1.54) is 11.8 Å². The molecule has 1 atom stereocenters. The lowest BCUT2D eigenvalue weighted by Crippen LogP contribution is -2.15. The van der Waals surface area contributed by atoms with Crippen molar-refractivity contribution < 1.29 is 10.2 Å². The first-order valence-electron chi connectivity index (χ1n) is 6.58. The van der Waals surface area contributed by atoms with Gasteiger partial charge in [-0.05, 0) is 19.4 Å². The number of aliphatic hydroxyl groups excluding tert-OH is 2.